The molecule has 2 fully saturated rings. The van der Waals surface area contributed by atoms with Crippen molar-refractivity contribution in [3.63, 3.8) is 0 Å². The molecule has 0 saturated carbocycles. The van der Waals surface area contributed by atoms with Crippen LogP contribution in [0.15, 0.2) is 36.5 Å². The minimum atomic E-state index is -0.0614. The van der Waals surface area contributed by atoms with Crippen LogP contribution in [0.4, 0.5) is 0 Å². The maximum Gasteiger partial charge on any atom is 0.253 e. The predicted molar refractivity (Wildman–Crippen MR) is 111 cm³/mol. The molecule has 7 heteroatoms. The van der Waals surface area contributed by atoms with Gasteiger partial charge in [0, 0.05) is 63.5 Å². The number of ether oxygens (including phenoxy) is 1. The maximum absolute atomic E-state index is 13.1. The smallest absolute Gasteiger partial charge is 0.253 e. The van der Waals surface area contributed by atoms with E-state index in [0.717, 1.165) is 43.4 Å². The molecule has 2 amide bonds. The van der Waals surface area contributed by atoms with Crippen LogP contribution in [0.5, 0.6) is 0 Å². The van der Waals surface area contributed by atoms with Crippen molar-refractivity contribution >= 4 is 22.7 Å². The van der Waals surface area contributed by atoms with Crippen LogP contribution < -0.4 is 0 Å². The van der Waals surface area contributed by atoms with Gasteiger partial charge in [0.1, 0.15) is 0 Å². The number of benzene rings is 1. The Labute approximate surface area is 171 Å². The standard InChI is InChI=1S/C22H28N4O3/c1-29-15-14-26-11-7-20(22(26)28)24-9-3-10-25(13-12-24)21(27)18-5-6-19-17(16-18)4-2-8-23-19/h2,4-6,8,16,20H,3,7,9-15H2,1H3/t20-/m1/s1. The summed E-state index contributed by atoms with van der Waals surface area (Å²) in [5.74, 6) is 0.251. The number of methoxy groups -OCH3 is 1. The molecule has 2 aliphatic rings. The zero-order valence-corrected chi connectivity index (χ0v) is 16.9. The number of fused-ring (bicyclic) bond motifs is 1. The van der Waals surface area contributed by atoms with Gasteiger partial charge in [-0.25, -0.2) is 0 Å². The first-order valence-corrected chi connectivity index (χ1v) is 10.3. The van der Waals surface area contributed by atoms with Gasteiger partial charge in [-0.1, -0.05) is 6.07 Å². The van der Waals surface area contributed by atoms with Crippen molar-refractivity contribution in [1.82, 2.24) is 19.7 Å². The van der Waals surface area contributed by atoms with Gasteiger partial charge in [0.15, 0.2) is 0 Å². The molecule has 3 heterocycles. The van der Waals surface area contributed by atoms with E-state index in [2.05, 4.69) is 9.88 Å². The van der Waals surface area contributed by atoms with Gasteiger partial charge in [-0.05, 0) is 37.1 Å². The molecule has 1 aromatic heterocycles. The van der Waals surface area contributed by atoms with Crippen molar-refractivity contribution in [3.05, 3.63) is 42.1 Å². The number of pyridine rings is 1. The summed E-state index contributed by atoms with van der Waals surface area (Å²) >= 11 is 0. The molecule has 2 aromatic rings. The fourth-order valence-corrected chi connectivity index (χ4v) is 4.33. The monoisotopic (exact) mass is 396 g/mol. The largest absolute Gasteiger partial charge is 0.383 e. The first-order valence-electron chi connectivity index (χ1n) is 10.3. The summed E-state index contributed by atoms with van der Waals surface area (Å²) in [5.41, 5.74) is 1.59. The van der Waals surface area contributed by atoms with E-state index in [1.165, 1.54) is 0 Å². The van der Waals surface area contributed by atoms with E-state index in [1.807, 2.05) is 40.1 Å². The lowest BCUT2D eigenvalue weighted by Crippen LogP contribution is -2.44. The zero-order chi connectivity index (χ0) is 20.2. The van der Waals surface area contributed by atoms with Gasteiger partial charge in [0.05, 0.1) is 18.2 Å². The van der Waals surface area contributed by atoms with Crippen molar-refractivity contribution in [3.8, 4) is 0 Å². The number of carbonyl (C=O) groups excluding carboxylic acids is 2. The molecule has 4 rings (SSSR count). The topological polar surface area (TPSA) is 66.0 Å². The number of carbonyl (C=O) groups is 2. The Hall–Kier alpha value is -2.51. The van der Waals surface area contributed by atoms with Gasteiger partial charge in [0.2, 0.25) is 5.91 Å². The Morgan fingerprint density at radius 1 is 1.17 bits per heavy atom. The maximum atomic E-state index is 13.1. The van der Waals surface area contributed by atoms with Crippen LogP contribution in [0.2, 0.25) is 0 Å². The second kappa shape index (κ2) is 8.88. The third kappa shape index (κ3) is 4.26. The van der Waals surface area contributed by atoms with E-state index < -0.39 is 0 Å². The van der Waals surface area contributed by atoms with Gasteiger partial charge >= 0.3 is 0 Å². The molecule has 1 aromatic carbocycles. The Balaban J connectivity index is 1.39. The number of aromatic nitrogens is 1. The predicted octanol–water partition coefficient (Wildman–Crippen LogP) is 1.63. The SMILES string of the molecule is COCCN1CC[C@@H](N2CCCN(C(=O)c3ccc4ncccc4c3)CC2)C1=O. The molecule has 2 aliphatic heterocycles. The highest BCUT2D eigenvalue weighted by Crippen LogP contribution is 2.20. The van der Waals surface area contributed by atoms with Crippen LogP contribution >= 0.6 is 0 Å². The van der Waals surface area contributed by atoms with E-state index in [4.69, 9.17) is 4.74 Å². The number of amides is 2. The molecule has 1 atom stereocenters. The highest BCUT2D eigenvalue weighted by Gasteiger charge is 2.36. The van der Waals surface area contributed by atoms with Gasteiger partial charge in [-0.2, -0.15) is 0 Å². The van der Waals surface area contributed by atoms with Gasteiger partial charge in [-0.3, -0.25) is 19.5 Å². The van der Waals surface area contributed by atoms with E-state index in [0.29, 0.717) is 31.8 Å². The lowest BCUT2D eigenvalue weighted by Gasteiger charge is -2.26. The van der Waals surface area contributed by atoms with Crippen molar-refractivity contribution in [1.29, 1.82) is 0 Å². The molecule has 7 nitrogen and oxygen atoms in total. The van der Waals surface area contributed by atoms with Crippen LogP contribution in [0.25, 0.3) is 10.9 Å². The summed E-state index contributed by atoms with van der Waals surface area (Å²) in [7, 11) is 1.66. The van der Waals surface area contributed by atoms with E-state index in [-0.39, 0.29) is 17.9 Å². The highest BCUT2D eigenvalue weighted by atomic mass is 16.5. The Kier molecular flexibility index (Phi) is 6.06. The molecule has 0 bridgehead atoms. The summed E-state index contributed by atoms with van der Waals surface area (Å²) < 4.78 is 5.11. The first-order chi connectivity index (χ1) is 14.2. The number of rotatable bonds is 5. The lowest BCUT2D eigenvalue weighted by atomic mass is 10.1. The summed E-state index contributed by atoms with van der Waals surface area (Å²) in [5, 5.41) is 0.975. The van der Waals surface area contributed by atoms with Crippen LogP contribution in [-0.2, 0) is 9.53 Å². The first kappa shape index (κ1) is 19.8. The van der Waals surface area contributed by atoms with E-state index >= 15 is 0 Å². The van der Waals surface area contributed by atoms with Gasteiger partial charge < -0.3 is 14.5 Å². The molecule has 0 aliphatic carbocycles. The molecule has 0 spiro atoms. The summed E-state index contributed by atoms with van der Waals surface area (Å²) in [6.07, 6.45) is 3.49. The van der Waals surface area contributed by atoms with Gasteiger partial charge in [0.25, 0.3) is 5.91 Å². The molecule has 154 valence electrons. The summed E-state index contributed by atoms with van der Waals surface area (Å²) in [6, 6.07) is 9.47. The Morgan fingerprint density at radius 3 is 2.93 bits per heavy atom. The van der Waals surface area contributed by atoms with Crippen molar-refractivity contribution in [2.75, 3.05) is 53.0 Å². The number of likely N-dealkylation sites (tertiary alicyclic amines) is 1. The minimum absolute atomic E-state index is 0.0528. The molecule has 0 unspecified atom stereocenters. The fraction of sp³-hybridized carbons (Fsp3) is 0.500. The van der Waals surface area contributed by atoms with E-state index in [1.54, 1.807) is 13.3 Å². The molecule has 29 heavy (non-hydrogen) atoms. The van der Waals surface area contributed by atoms with Gasteiger partial charge in [-0.15, -0.1) is 0 Å². The van der Waals surface area contributed by atoms with Crippen LogP contribution in [-0.4, -0.2) is 90.5 Å². The third-order valence-electron chi connectivity index (χ3n) is 5.94. The number of hydrogen-bond donors (Lipinski definition) is 0. The third-order valence-corrected chi connectivity index (χ3v) is 5.94. The zero-order valence-electron chi connectivity index (χ0n) is 16.9. The second-order valence-electron chi connectivity index (χ2n) is 7.72. The van der Waals surface area contributed by atoms with Crippen molar-refractivity contribution in [2.45, 2.75) is 18.9 Å². The Bertz CT molecular complexity index is 887. The fourth-order valence-electron chi connectivity index (χ4n) is 4.33. The lowest BCUT2D eigenvalue weighted by molar-refractivity contribution is -0.132. The molecule has 2 saturated heterocycles. The normalized spacial score (nSPS) is 21.0. The average molecular weight is 396 g/mol. The quantitative estimate of drug-likeness (QED) is 0.769. The Morgan fingerprint density at radius 2 is 2.07 bits per heavy atom. The summed E-state index contributed by atoms with van der Waals surface area (Å²) in [6.45, 7) is 4.95. The molecular weight excluding hydrogens is 368 g/mol. The molecule has 0 radical (unpaired) electrons. The molecular formula is C22H28N4O3. The second-order valence-corrected chi connectivity index (χ2v) is 7.72. The molecule has 0 N–H and O–H groups in total. The van der Waals surface area contributed by atoms with E-state index in [9.17, 15) is 9.59 Å². The number of hydrogen-bond acceptors (Lipinski definition) is 5. The van der Waals surface area contributed by atoms with Crippen LogP contribution in [0, 0.1) is 0 Å². The van der Waals surface area contributed by atoms with Crippen molar-refractivity contribution < 1.29 is 14.3 Å². The summed E-state index contributed by atoms with van der Waals surface area (Å²) in [4.78, 5) is 36.2. The van der Waals surface area contributed by atoms with Crippen LogP contribution in [0.1, 0.15) is 23.2 Å². The minimum Gasteiger partial charge on any atom is -0.383 e. The highest BCUT2D eigenvalue weighted by molar-refractivity contribution is 5.98. The van der Waals surface area contributed by atoms with Crippen molar-refractivity contribution in [2.24, 2.45) is 0 Å². The average Bonchev–Trinajstić information content (AvgIpc) is 2.96. The number of nitrogens with zero attached hydrogens (tertiary/aromatic N) is 4. The van der Waals surface area contributed by atoms with Crippen LogP contribution in [0.3, 0.4) is 0 Å².